The molecule has 0 spiro atoms. The summed E-state index contributed by atoms with van der Waals surface area (Å²) in [6, 6.07) is 10.6. The van der Waals surface area contributed by atoms with Crippen molar-refractivity contribution in [3.05, 3.63) is 53.9 Å². The number of anilines is 1. The standard InChI is InChI=1S/C23H30N4O/c1-22(2,3)17-7-9-18(10-8-17)23(11-12-23)20(28)26-19-6-4-15-27(16-19)21-24-13-5-14-25-21/h5,7-10,13-14,19H,4,6,11-12,15-16H2,1-3H3,(H,26,28)/t19-/m1/s1. The van der Waals surface area contributed by atoms with Crippen molar-refractivity contribution in [3.8, 4) is 0 Å². The maximum Gasteiger partial charge on any atom is 0.230 e. The molecule has 2 aromatic rings. The first kappa shape index (κ1) is 18.9. The largest absolute Gasteiger partial charge is 0.351 e. The summed E-state index contributed by atoms with van der Waals surface area (Å²) in [7, 11) is 0. The van der Waals surface area contributed by atoms with Crippen LogP contribution in [-0.2, 0) is 15.6 Å². The number of benzene rings is 1. The molecule has 1 N–H and O–H groups in total. The Morgan fingerprint density at radius 1 is 1.14 bits per heavy atom. The third-order valence-electron chi connectivity index (χ3n) is 6.08. The van der Waals surface area contributed by atoms with Crippen LogP contribution in [0.2, 0.25) is 0 Å². The van der Waals surface area contributed by atoms with E-state index >= 15 is 0 Å². The van der Waals surface area contributed by atoms with E-state index in [9.17, 15) is 4.79 Å². The van der Waals surface area contributed by atoms with Crippen molar-refractivity contribution in [3.63, 3.8) is 0 Å². The third-order valence-corrected chi connectivity index (χ3v) is 6.08. The van der Waals surface area contributed by atoms with Crippen LogP contribution in [0.1, 0.15) is 57.6 Å². The highest BCUT2D eigenvalue weighted by molar-refractivity contribution is 5.91. The molecule has 1 aromatic heterocycles. The van der Waals surface area contributed by atoms with Gasteiger partial charge in [0, 0.05) is 31.5 Å². The Bertz CT molecular complexity index is 822. The Kier molecular flexibility index (Phi) is 4.86. The summed E-state index contributed by atoms with van der Waals surface area (Å²) < 4.78 is 0. The number of hydrogen-bond donors (Lipinski definition) is 1. The highest BCUT2D eigenvalue weighted by Crippen LogP contribution is 2.48. The van der Waals surface area contributed by atoms with Crippen LogP contribution in [0.25, 0.3) is 0 Å². The average molecular weight is 379 g/mol. The number of carbonyl (C=O) groups excluding carboxylic acids is 1. The Balaban J connectivity index is 1.43. The van der Waals surface area contributed by atoms with Gasteiger partial charge in [0.1, 0.15) is 0 Å². The highest BCUT2D eigenvalue weighted by atomic mass is 16.2. The van der Waals surface area contributed by atoms with Crippen molar-refractivity contribution in [2.24, 2.45) is 0 Å². The minimum Gasteiger partial charge on any atom is -0.351 e. The molecule has 148 valence electrons. The zero-order valence-corrected chi connectivity index (χ0v) is 17.1. The lowest BCUT2D eigenvalue weighted by atomic mass is 9.84. The monoisotopic (exact) mass is 378 g/mol. The summed E-state index contributed by atoms with van der Waals surface area (Å²) in [5.74, 6) is 0.928. The second-order valence-electron chi connectivity index (χ2n) is 9.22. The molecule has 0 bridgehead atoms. The Morgan fingerprint density at radius 3 is 2.43 bits per heavy atom. The van der Waals surface area contributed by atoms with E-state index in [1.807, 2.05) is 6.07 Å². The van der Waals surface area contributed by atoms with Gasteiger partial charge in [-0.2, -0.15) is 0 Å². The predicted molar refractivity (Wildman–Crippen MR) is 111 cm³/mol. The molecule has 5 heteroatoms. The van der Waals surface area contributed by atoms with Crippen LogP contribution in [0.3, 0.4) is 0 Å². The molecule has 2 aliphatic rings. The summed E-state index contributed by atoms with van der Waals surface area (Å²) >= 11 is 0. The van der Waals surface area contributed by atoms with Gasteiger partial charge in [0.05, 0.1) is 5.41 Å². The van der Waals surface area contributed by atoms with Crippen LogP contribution in [0, 0.1) is 0 Å². The van der Waals surface area contributed by atoms with Crippen LogP contribution in [-0.4, -0.2) is 35.0 Å². The lowest BCUT2D eigenvalue weighted by molar-refractivity contribution is -0.124. The lowest BCUT2D eigenvalue weighted by Gasteiger charge is -2.34. The van der Waals surface area contributed by atoms with E-state index in [0.717, 1.165) is 50.3 Å². The van der Waals surface area contributed by atoms with Crippen molar-refractivity contribution in [2.75, 3.05) is 18.0 Å². The van der Waals surface area contributed by atoms with E-state index in [1.165, 1.54) is 5.56 Å². The molecular formula is C23H30N4O. The number of rotatable bonds is 4. The van der Waals surface area contributed by atoms with Crippen LogP contribution in [0.4, 0.5) is 5.95 Å². The normalized spacial score (nSPS) is 21.2. The van der Waals surface area contributed by atoms with E-state index < -0.39 is 0 Å². The molecule has 1 aliphatic heterocycles. The lowest BCUT2D eigenvalue weighted by Crippen LogP contribution is -2.50. The first-order chi connectivity index (χ1) is 13.4. The van der Waals surface area contributed by atoms with Crippen LogP contribution in [0.5, 0.6) is 0 Å². The number of carbonyl (C=O) groups is 1. The highest BCUT2D eigenvalue weighted by Gasteiger charge is 2.51. The maximum atomic E-state index is 13.2. The van der Waals surface area contributed by atoms with Gasteiger partial charge in [-0.1, -0.05) is 45.0 Å². The number of piperidine rings is 1. The van der Waals surface area contributed by atoms with Gasteiger partial charge in [0.25, 0.3) is 0 Å². The van der Waals surface area contributed by atoms with Gasteiger partial charge in [0.15, 0.2) is 0 Å². The molecule has 1 amide bonds. The topological polar surface area (TPSA) is 58.1 Å². The zero-order chi connectivity index (χ0) is 19.8. The second kappa shape index (κ2) is 7.19. The molecule has 1 aliphatic carbocycles. The Labute approximate surface area is 167 Å². The van der Waals surface area contributed by atoms with Gasteiger partial charge in [-0.15, -0.1) is 0 Å². The van der Waals surface area contributed by atoms with E-state index in [4.69, 9.17) is 0 Å². The summed E-state index contributed by atoms with van der Waals surface area (Å²) in [6.07, 6.45) is 7.46. The molecule has 0 unspecified atom stereocenters. The van der Waals surface area contributed by atoms with Crippen molar-refractivity contribution < 1.29 is 4.79 Å². The van der Waals surface area contributed by atoms with E-state index in [2.05, 4.69) is 65.2 Å². The van der Waals surface area contributed by atoms with E-state index in [-0.39, 0.29) is 22.8 Å². The quantitative estimate of drug-likeness (QED) is 0.883. The van der Waals surface area contributed by atoms with Gasteiger partial charge >= 0.3 is 0 Å². The molecule has 1 atom stereocenters. The summed E-state index contributed by atoms with van der Waals surface area (Å²) in [5, 5.41) is 3.33. The maximum absolute atomic E-state index is 13.2. The van der Waals surface area contributed by atoms with Crippen LogP contribution in [0.15, 0.2) is 42.7 Å². The molecule has 2 fully saturated rings. The zero-order valence-electron chi connectivity index (χ0n) is 17.1. The van der Waals surface area contributed by atoms with Gasteiger partial charge < -0.3 is 10.2 Å². The number of hydrogen-bond acceptors (Lipinski definition) is 4. The smallest absolute Gasteiger partial charge is 0.230 e. The molecule has 1 saturated carbocycles. The Hall–Kier alpha value is -2.43. The van der Waals surface area contributed by atoms with Gasteiger partial charge in [-0.05, 0) is 48.3 Å². The molecule has 0 radical (unpaired) electrons. The second-order valence-corrected chi connectivity index (χ2v) is 9.22. The van der Waals surface area contributed by atoms with Crippen LogP contribution >= 0.6 is 0 Å². The van der Waals surface area contributed by atoms with Gasteiger partial charge in [-0.25, -0.2) is 9.97 Å². The summed E-state index contributed by atoms with van der Waals surface area (Å²) in [4.78, 5) is 24.0. The van der Waals surface area contributed by atoms with E-state index in [1.54, 1.807) is 12.4 Å². The predicted octanol–water partition coefficient (Wildman–Crippen LogP) is 3.59. The van der Waals surface area contributed by atoms with E-state index in [0.29, 0.717) is 0 Å². The molecule has 1 saturated heterocycles. The number of nitrogens with zero attached hydrogens (tertiary/aromatic N) is 3. The van der Waals surface area contributed by atoms with Crippen molar-refractivity contribution >= 4 is 11.9 Å². The fraction of sp³-hybridized carbons (Fsp3) is 0.522. The van der Waals surface area contributed by atoms with Crippen molar-refractivity contribution in [1.29, 1.82) is 0 Å². The molecule has 2 heterocycles. The molecule has 28 heavy (non-hydrogen) atoms. The molecule has 5 nitrogen and oxygen atoms in total. The fourth-order valence-corrected chi connectivity index (χ4v) is 4.12. The first-order valence-corrected chi connectivity index (χ1v) is 10.3. The fourth-order valence-electron chi connectivity index (χ4n) is 4.12. The van der Waals surface area contributed by atoms with Crippen molar-refractivity contribution in [1.82, 2.24) is 15.3 Å². The average Bonchev–Trinajstić information content (AvgIpc) is 3.50. The SMILES string of the molecule is CC(C)(C)c1ccc(C2(C(=O)N[C@@H]3CCCN(c4ncccn4)C3)CC2)cc1. The minimum absolute atomic E-state index is 0.128. The van der Waals surface area contributed by atoms with Gasteiger partial charge in [-0.3, -0.25) is 4.79 Å². The van der Waals surface area contributed by atoms with Crippen LogP contribution < -0.4 is 10.2 Å². The number of aromatic nitrogens is 2. The minimum atomic E-state index is -0.331. The first-order valence-electron chi connectivity index (χ1n) is 10.3. The molecule has 1 aromatic carbocycles. The van der Waals surface area contributed by atoms with Crippen molar-refractivity contribution in [2.45, 2.75) is 63.3 Å². The van der Waals surface area contributed by atoms with Gasteiger partial charge in [0.2, 0.25) is 11.9 Å². The summed E-state index contributed by atoms with van der Waals surface area (Å²) in [5.41, 5.74) is 2.25. The Morgan fingerprint density at radius 2 is 1.82 bits per heavy atom. The number of nitrogens with one attached hydrogen (secondary N) is 1. The number of amides is 1. The molecule has 4 rings (SSSR count). The third kappa shape index (κ3) is 3.75. The molecular weight excluding hydrogens is 348 g/mol. The summed E-state index contributed by atoms with van der Waals surface area (Å²) in [6.45, 7) is 8.36.